The van der Waals surface area contributed by atoms with Crippen molar-refractivity contribution in [1.29, 1.82) is 0 Å². The lowest BCUT2D eigenvalue weighted by Crippen LogP contribution is -2.30. The molecular formula is C74H130O6. The summed E-state index contributed by atoms with van der Waals surface area (Å²) >= 11 is 0. The molecule has 0 amide bonds. The average molecular weight is 1120 g/mol. The maximum Gasteiger partial charge on any atom is 0.306 e. The van der Waals surface area contributed by atoms with E-state index < -0.39 is 6.10 Å². The summed E-state index contributed by atoms with van der Waals surface area (Å²) in [6.45, 7) is 6.55. The van der Waals surface area contributed by atoms with E-state index in [4.69, 9.17) is 14.2 Å². The third-order valence-electron chi connectivity index (χ3n) is 15.1. The summed E-state index contributed by atoms with van der Waals surface area (Å²) in [5.41, 5.74) is 0. The molecule has 0 rings (SSSR count). The summed E-state index contributed by atoms with van der Waals surface area (Å²) in [7, 11) is 0. The monoisotopic (exact) mass is 1110 g/mol. The number of carbonyl (C=O) groups is 3. The summed E-state index contributed by atoms with van der Waals surface area (Å²) in [5, 5.41) is 0. The minimum atomic E-state index is -0.779. The van der Waals surface area contributed by atoms with E-state index in [0.717, 1.165) is 96.3 Å². The lowest BCUT2D eigenvalue weighted by atomic mass is 10.0. The van der Waals surface area contributed by atoms with Crippen LogP contribution in [0.2, 0.25) is 0 Å². The molecule has 0 heterocycles. The fraction of sp³-hybridized carbons (Fsp3) is 0.770. The molecule has 0 N–H and O–H groups in total. The summed E-state index contributed by atoms with van der Waals surface area (Å²) in [6.07, 6.45) is 90.3. The fourth-order valence-corrected chi connectivity index (χ4v) is 9.97. The molecule has 0 aliphatic heterocycles. The van der Waals surface area contributed by atoms with Crippen LogP contribution in [0.25, 0.3) is 0 Å². The van der Waals surface area contributed by atoms with Crippen molar-refractivity contribution in [3.63, 3.8) is 0 Å². The van der Waals surface area contributed by atoms with Crippen molar-refractivity contribution in [2.45, 2.75) is 354 Å². The van der Waals surface area contributed by atoms with Gasteiger partial charge in [0.15, 0.2) is 6.10 Å². The topological polar surface area (TPSA) is 78.9 Å². The van der Waals surface area contributed by atoms with Crippen molar-refractivity contribution >= 4 is 17.9 Å². The van der Waals surface area contributed by atoms with Crippen LogP contribution in [0.4, 0.5) is 0 Å². The van der Waals surface area contributed by atoms with E-state index in [2.05, 4.69) is 106 Å². The zero-order chi connectivity index (χ0) is 57.8. The molecule has 0 bridgehead atoms. The Morgan fingerprint density at radius 1 is 0.263 bits per heavy atom. The Kier molecular flexibility index (Phi) is 65.2. The van der Waals surface area contributed by atoms with Gasteiger partial charge in [-0.15, -0.1) is 0 Å². The summed E-state index contributed by atoms with van der Waals surface area (Å²) in [6, 6.07) is 0. The van der Waals surface area contributed by atoms with Crippen LogP contribution in [0.1, 0.15) is 348 Å². The van der Waals surface area contributed by atoms with Gasteiger partial charge in [0.1, 0.15) is 13.2 Å². The Morgan fingerprint density at radius 2 is 0.487 bits per heavy atom. The van der Waals surface area contributed by atoms with E-state index in [9.17, 15) is 14.4 Å². The highest BCUT2D eigenvalue weighted by atomic mass is 16.6. The Hall–Kier alpha value is -3.41. The first-order chi connectivity index (χ1) is 39.5. The molecule has 0 radical (unpaired) electrons. The molecule has 0 fully saturated rings. The van der Waals surface area contributed by atoms with E-state index in [0.29, 0.717) is 19.3 Å². The first-order valence-corrected chi connectivity index (χ1v) is 34.6. The number of unbranched alkanes of at least 4 members (excludes halogenated alkanes) is 38. The average Bonchev–Trinajstić information content (AvgIpc) is 3.46. The van der Waals surface area contributed by atoms with Crippen LogP contribution in [-0.2, 0) is 28.6 Å². The molecule has 0 saturated carbocycles. The maximum absolute atomic E-state index is 12.9. The number of allylic oxidation sites excluding steroid dienone is 14. The van der Waals surface area contributed by atoms with E-state index in [-0.39, 0.29) is 31.1 Å². The minimum Gasteiger partial charge on any atom is -0.462 e. The highest BCUT2D eigenvalue weighted by Gasteiger charge is 2.19. The normalized spacial score (nSPS) is 12.6. The fourth-order valence-electron chi connectivity index (χ4n) is 9.97. The molecule has 0 saturated heterocycles. The maximum atomic E-state index is 12.9. The van der Waals surface area contributed by atoms with Crippen LogP contribution >= 0.6 is 0 Å². The van der Waals surface area contributed by atoms with Gasteiger partial charge < -0.3 is 14.2 Å². The molecule has 462 valence electrons. The summed E-state index contributed by atoms with van der Waals surface area (Å²) < 4.78 is 17.0. The Morgan fingerprint density at radius 3 is 0.762 bits per heavy atom. The number of hydrogen-bond acceptors (Lipinski definition) is 6. The van der Waals surface area contributed by atoms with Gasteiger partial charge in [-0.1, -0.05) is 318 Å². The van der Waals surface area contributed by atoms with Gasteiger partial charge in [-0.25, -0.2) is 0 Å². The highest BCUT2D eigenvalue weighted by molar-refractivity contribution is 5.71. The quantitative estimate of drug-likeness (QED) is 0.0261. The Bertz CT molecular complexity index is 1520. The zero-order valence-electron chi connectivity index (χ0n) is 53.1. The van der Waals surface area contributed by atoms with Gasteiger partial charge >= 0.3 is 17.9 Å². The van der Waals surface area contributed by atoms with Crippen LogP contribution in [0, 0.1) is 0 Å². The van der Waals surface area contributed by atoms with E-state index in [1.807, 2.05) is 0 Å². The summed E-state index contributed by atoms with van der Waals surface area (Å²) in [5.74, 6) is -0.864. The van der Waals surface area contributed by atoms with Gasteiger partial charge in [0.25, 0.3) is 0 Å². The van der Waals surface area contributed by atoms with Crippen molar-refractivity contribution in [1.82, 2.24) is 0 Å². The second kappa shape index (κ2) is 68.1. The predicted molar refractivity (Wildman–Crippen MR) is 348 cm³/mol. The van der Waals surface area contributed by atoms with Crippen molar-refractivity contribution < 1.29 is 28.6 Å². The largest absolute Gasteiger partial charge is 0.462 e. The molecule has 0 aliphatic rings. The molecule has 0 spiro atoms. The second-order valence-electron chi connectivity index (χ2n) is 23.1. The molecule has 0 aromatic rings. The van der Waals surface area contributed by atoms with Crippen molar-refractivity contribution in [2.75, 3.05) is 13.2 Å². The molecule has 6 nitrogen and oxygen atoms in total. The molecule has 0 aromatic carbocycles. The first-order valence-electron chi connectivity index (χ1n) is 34.6. The third-order valence-corrected chi connectivity index (χ3v) is 15.1. The smallest absolute Gasteiger partial charge is 0.306 e. The number of carbonyl (C=O) groups excluding carboxylic acids is 3. The molecular weight excluding hydrogens is 985 g/mol. The van der Waals surface area contributed by atoms with Crippen LogP contribution in [0.5, 0.6) is 0 Å². The molecule has 1 atom stereocenters. The van der Waals surface area contributed by atoms with Crippen LogP contribution < -0.4 is 0 Å². The van der Waals surface area contributed by atoms with Gasteiger partial charge in [0, 0.05) is 19.3 Å². The molecule has 6 heteroatoms. The Balaban J connectivity index is 4.26. The van der Waals surface area contributed by atoms with Crippen molar-refractivity contribution in [2.24, 2.45) is 0 Å². The van der Waals surface area contributed by atoms with E-state index in [1.54, 1.807) is 0 Å². The van der Waals surface area contributed by atoms with E-state index >= 15 is 0 Å². The second-order valence-corrected chi connectivity index (χ2v) is 23.1. The number of esters is 3. The van der Waals surface area contributed by atoms with Crippen LogP contribution in [0.3, 0.4) is 0 Å². The van der Waals surface area contributed by atoms with Crippen LogP contribution in [0.15, 0.2) is 85.1 Å². The lowest BCUT2D eigenvalue weighted by Gasteiger charge is -2.18. The highest BCUT2D eigenvalue weighted by Crippen LogP contribution is 2.17. The van der Waals surface area contributed by atoms with Crippen LogP contribution in [-0.4, -0.2) is 37.2 Å². The molecule has 80 heavy (non-hydrogen) atoms. The SMILES string of the molecule is CC/C=C\C/C=C\C/C=C\C/C=C\CCCCCCCCCCCCC(=O)OC(COC(=O)CCCCCCCCCCCCCC)COC(=O)CCCCCCCCCCCCCC/C=C\C/C=C\C/C=C\CCCCCCC. The third kappa shape index (κ3) is 65.4. The van der Waals surface area contributed by atoms with Gasteiger partial charge in [-0.3, -0.25) is 14.4 Å². The van der Waals surface area contributed by atoms with Gasteiger partial charge in [0.2, 0.25) is 0 Å². The number of hydrogen-bond donors (Lipinski definition) is 0. The van der Waals surface area contributed by atoms with Gasteiger partial charge in [-0.05, 0) is 96.3 Å². The van der Waals surface area contributed by atoms with Gasteiger partial charge in [0.05, 0.1) is 0 Å². The predicted octanol–water partition coefficient (Wildman–Crippen LogP) is 23.8. The van der Waals surface area contributed by atoms with Crippen molar-refractivity contribution in [3.05, 3.63) is 85.1 Å². The number of rotatable bonds is 63. The van der Waals surface area contributed by atoms with E-state index in [1.165, 1.54) is 212 Å². The molecule has 0 aromatic heterocycles. The van der Waals surface area contributed by atoms with Crippen molar-refractivity contribution in [3.8, 4) is 0 Å². The van der Waals surface area contributed by atoms with Gasteiger partial charge in [-0.2, -0.15) is 0 Å². The number of ether oxygens (including phenoxy) is 3. The standard InChI is InChI=1S/C74H130O6/c1-4-7-10-13-16-19-22-25-27-29-31-33-35-36-37-38-40-41-43-45-47-49-52-55-58-61-64-67-73(76)79-70-71(69-78-72(75)66-63-60-57-54-51-24-21-18-15-12-9-6-3)80-74(77)68-65-62-59-56-53-50-48-46-44-42-39-34-32-30-28-26-23-20-17-14-11-8-5-2/h8,11,17,20,22,25-26,28-29,31-32,34-36,71H,4-7,9-10,12-16,18-19,21,23-24,27,30,33,37-70H2,1-3H3/b11-8-,20-17-,25-22-,28-26-,31-29-,34-32-,36-35-. The molecule has 0 aliphatic carbocycles. The minimum absolute atomic E-state index is 0.0750. The molecule has 1 unspecified atom stereocenters. The Labute approximate surface area is 496 Å². The zero-order valence-corrected chi connectivity index (χ0v) is 53.1. The summed E-state index contributed by atoms with van der Waals surface area (Å²) in [4.78, 5) is 38.4. The first kappa shape index (κ1) is 76.6. The lowest BCUT2D eigenvalue weighted by molar-refractivity contribution is -0.167.